The fourth-order valence-electron chi connectivity index (χ4n) is 2.66. The van der Waals surface area contributed by atoms with Crippen LogP contribution in [0, 0.1) is 0 Å². The van der Waals surface area contributed by atoms with E-state index in [1.165, 1.54) is 12.8 Å². The molecule has 7 heteroatoms. The van der Waals surface area contributed by atoms with E-state index in [1.807, 2.05) is 7.05 Å². The molecule has 0 spiro atoms. The SMILES string of the molecule is CC1CCCN1Cc1nc(NN)c2cnn(C)c2n1. The van der Waals surface area contributed by atoms with Gasteiger partial charge < -0.3 is 5.43 Å². The van der Waals surface area contributed by atoms with Crippen LogP contribution in [0.15, 0.2) is 6.20 Å². The summed E-state index contributed by atoms with van der Waals surface area (Å²) >= 11 is 0. The van der Waals surface area contributed by atoms with Gasteiger partial charge in [-0.2, -0.15) is 5.10 Å². The van der Waals surface area contributed by atoms with E-state index in [1.54, 1.807) is 10.9 Å². The van der Waals surface area contributed by atoms with Crippen molar-refractivity contribution in [1.29, 1.82) is 0 Å². The Morgan fingerprint density at radius 3 is 3.00 bits per heavy atom. The second-order valence-corrected chi connectivity index (χ2v) is 5.10. The average molecular weight is 261 g/mol. The van der Waals surface area contributed by atoms with Crippen LogP contribution in [0.1, 0.15) is 25.6 Å². The Morgan fingerprint density at radius 2 is 2.32 bits per heavy atom. The Labute approximate surface area is 111 Å². The molecular formula is C12H19N7. The van der Waals surface area contributed by atoms with Crippen LogP contribution in [0.5, 0.6) is 0 Å². The number of aryl methyl sites for hydroxylation is 1. The largest absolute Gasteiger partial charge is 0.308 e. The second kappa shape index (κ2) is 4.75. The number of nitrogen functional groups attached to an aromatic ring is 1. The fourth-order valence-corrected chi connectivity index (χ4v) is 2.66. The van der Waals surface area contributed by atoms with E-state index in [9.17, 15) is 0 Å². The highest BCUT2D eigenvalue weighted by molar-refractivity contribution is 5.86. The zero-order chi connectivity index (χ0) is 13.4. The van der Waals surface area contributed by atoms with Gasteiger partial charge >= 0.3 is 0 Å². The molecule has 2 aromatic heterocycles. The highest BCUT2D eigenvalue weighted by Crippen LogP contribution is 2.22. The third kappa shape index (κ3) is 2.15. The van der Waals surface area contributed by atoms with Gasteiger partial charge in [-0.25, -0.2) is 15.8 Å². The van der Waals surface area contributed by atoms with Gasteiger partial charge in [0.2, 0.25) is 0 Å². The maximum atomic E-state index is 5.54. The smallest absolute Gasteiger partial charge is 0.163 e. The number of rotatable bonds is 3. The lowest BCUT2D eigenvalue weighted by Gasteiger charge is -2.20. The van der Waals surface area contributed by atoms with Crippen LogP contribution in [0.4, 0.5) is 5.82 Å². The maximum Gasteiger partial charge on any atom is 0.163 e. The minimum Gasteiger partial charge on any atom is -0.308 e. The van der Waals surface area contributed by atoms with E-state index >= 15 is 0 Å². The highest BCUT2D eigenvalue weighted by atomic mass is 15.3. The molecule has 3 rings (SSSR count). The molecular weight excluding hydrogens is 242 g/mol. The van der Waals surface area contributed by atoms with E-state index in [0.717, 1.165) is 29.9 Å². The lowest BCUT2D eigenvalue weighted by Crippen LogP contribution is -2.27. The van der Waals surface area contributed by atoms with E-state index in [4.69, 9.17) is 5.84 Å². The Bertz CT molecular complexity index is 591. The summed E-state index contributed by atoms with van der Waals surface area (Å²) < 4.78 is 1.74. The summed E-state index contributed by atoms with van der Waals surface area (Å²) in [7, 11) is 1.87. The molecule has 3 N–H and O–H groups in total. The summed E-state index contributed by atoms with van der Waals surface area (Å²) in [6.45, 7) is 4.12. The second-order valence-electron chi connectivity index (χ2n) is 5.10. The molecule has 7 nitrogen and oxygen atoms in total. The lowest BCUT2D eigenvalue weighted by atomic mass is 10.2. The lowest BCUT2D eigenvalue weighted by molar-refractivity contribution is 0.254. The Balaban J connectivity index is 1.97. The van der Waals surface area contributed by atoms with Crippen LogP contribution >= 0.6 is 0 Å². The minimum atomic E-state index is 0.597. The van der Waals surface area contributed by atoms with E-state index in [0.29, 0.717) is 11.9 Å². The summed E-state index contributed by atoms with van der Waals surface area (Å²) in [6, 6.07) is 0.597. The number of hydrogen-bond donors (Lipinski definition) is 2. The van der Waals surface area contributed by atoms with E-state index < -0.39 is 0 Å². The predicted molar refractivity (Wildman–Crippen MR) is 73.2 cm³/mol. The normalized spacial score (nSPS) is 20.3. The minimum absolute atomic E-state index is 0.597. The van der Waals surface area contributed by atoms with E-state index in [2.05, 4.69) is 32.3 Å². The van der Waals surface area contributed by atoms with Crippen molar-refractivity contribution in [3.63, 3.8) is 0 Å². The number of anilines is 1. The number of hydrazine groups is 1. The van der Waals surface area contributed by atoms with Gasteiger partial charge in [-0.1, -0.05) is 0 Å². The Hall–Kier alpha value is -1.73. The molecule has 0 radical (unpaired) electrons. The zero-order valence-corrected chi connectivity index (χ0v) is 11.3. The van der Waals surface area contributed by atoms with Gasteiger partial charge in [0.25, 0.3) is 0 Å². The molecule has 0 aromatic carbocycles. The van der Waals surface area contributed by atoms with Crippen molar-refractivity contribution in [3.05, 3.63) is 12.0 Å². The first-order valence-corrected chi connectivity index (χ1v) is 6.58. The first kappa shape index (κ1) is 12.3. The quantitative estimate of drug-likeness (QED) is 0.623. The third-order valence-electron chi connectivity index (χ3n) is 3.81. The van der Waals surface area contributed by atoms with Crippen LogP contribution in [0.25, 0.3) is 11.0 Å². The molecule has 1 atom stereocenters. The van der Waals surface area contributed by atoms with Gasteiger partial charge in [-0.3, -0.25) is 9.58 Å². The van der Waals surface area contributed by atoms with Crippen molar-refractivity contribution in [3.8, 4) is 0 Å². The standard InChI is InChI=1S/C12H19N7/c1-8-4-3-5-19(8)7-10-15-11(17-13)9-6-14-18(2)12(9)16-10/h6,8H,3-5,7,13H2,1-2H3,(H,15,16,17). The number of hydrogen-bond acceptors (Lipinski definition) is 6. The molecule has 1 unspecified atom stereocenters. The molecule has 1 saturated heterocycles. The average Bonchev–Trinajstić information content (AvgIpc) is 2.97. The van der Waals surface area contributed by atoms with Crippen molar-refractivity contribution < 1.29 is 0 Å². The first-order chi connectivity index (χ1) is 9.19. The van der Waals surface area contributed by atoms with Crippen molar-refractivity contribution >= 4 is 16.9 Å². The third-order valence-corrected chi connectivity index (χ3v) is 3.81. The molecule has 0 amide bonds. The predicted octanol–water partition coefficient (Wildman–Crippen LogP) is 0.633. The van der Waals surface area contributed by atoms with Crippen molar-refractivity contribution in [2.75, 3.05) is 12.0 Å². The molecule has 3 heterocycles. The number of fused-ring (bicyclic) bond motifs is 1. The maximum absolute atomic E-state index is 5.54. The van der Waals surface area contributed by atoms with Crippen molar-refractivity contribution in [1.82, 2.24) is 24.6 Å². The topological polar surface area (TPSA) is 84.9 Å². The van der Waals surface area contributed by atoms with Gasteiger partial charge in [0.05, 0.1) is 18.1 Å². The number of likely N-dealkylation sites (tertiary alicyclic amines) is 1. The first-order valence-electron chi connectivity index (χ1n) is 6.58. The molecule has 1 fully saturated rings. The Morgan fingerprint density at radius 1 is 1.47 bits per heavy atom. The summed E-state index contributed by atoms with van der Waals surface area (Å²) in [5.41, 5.74) is 3.45. The molecule has 19 heavy (non-hydrogen) atoms. The molecule has 0 saturated carbocycles. The van der Waals surface area contributed by atoms with Crippen molar-refractivity contribution in [2.45, 2.75) is 32.4 Å². The monoisotopic (exact) mass is 261 g/mol. The van der Waals surface area contributed by atoms with Gasteiger partial charge in [0.1, 0.15) is 5.82 Å². The molecule has 0 bridgehead atoms. The summed E-state index contributed by atoms with van der Waals surface area (Å²) in [4.78, 5) is 11.5. The number of aromatic nitrogens is 4. The van der Waals surface area contributed by atoms with Gasteiger partial charge in [0.15, 0.2) is 11.5 Å². The molecule has 1 aliphatic rings. The number of nitrogens with zero attached hydrogens (tertiary/aromatic N) is 5. The molecule has 1 aliphatic heterocycles. The van der Waals surface area contributed by atoms with Gasteiger partial charge in [-0.15, -0.1) is 0 Å². The van der Waals surface area contributed by atoms with E-state index in [-0.39, 0.29) is 0 Å². The van der Waals surface area contributed by atoms with Crippen LogP contribution in [0.2, 0.25) is 0 Å². The summed E-state index contributed by atoms with van der Waals surface area (Å²) in [6.07, 6.45) is 4.22. The van der Waals surface area contributed by atoms with Crippen LogP contribution in [0.3, 0.4) is 0 Å². The number of nitrogens with one attached hydrogen (secondary N) is 1. The summed E-state index contributed by atoms with van der Waals surface area (Å²) in [5.74, 6) is 6.97. The van der Waals surface area contributed by atoms with Crippen LogP contribution in [-0.2, 0) is 13.6 Å². The van der Waals surface area contributed by atoms with Crippen LogP contribution < -0.4 is 11.3 Å². The summed E-state index contributed by atoms with van der Waals surface area (Å²) in [5, 5.41) is 5.05. The highest BCUT2D eigenvalue weighted by Gasteiger charge is 2.22. The van der Waals surface area contributed by atoms with Gasteiger partial charge in [0, 0.05) is 13.1 Å². The fraction of sp³-hybridized carbons (Fsp3) is 0.583. The Kier molecular flexibility index (Phi) is 3.08. The van der Waals surface area contributed by atoms with Gasteiger partial charge in [-0.05, 0) is 26.3 Å². The molecule has 2 aromatic rings. The molecule has 0 aliphatic carbocycles. The van der Waals surface area contributed by atoms with Crippen LogP contribution in [-0.4, -0.2) is 37.2 Å². The van der Waals surface area contributed by atoms with Crippen molar-refractivity contribution in [2.24, 2.45) is 12.9 Å². The molecule has 102 valence electrons. The zero-order valence-electron chi connectivity index (χ0n) is 11.3. The number of nitrogens with two attached hydrogens (primary N) is 1.